The van der Waals surface area contributed by atoms with E-state index in [0.717, 1.165) is 63.4 Å². The van der Waals surface area contributed by atoms with Gasteiger partial charge < -0.3 is 15.0 Å². The molecule has 3 aliphatic rings. The van der Waals surface area contributed by atoms with E-state index in [1.54, 1.807) is 7.11 Å². The van der Waals surface area contributed by atoms with Crippen LogP contribution < -0.4 is 15.0 Å². The minimum atomic E-state index is -0.698. The van der Waals surface area contributed by atoms with E-state index in [0.29, 0.717) is 19.0 Å². The zero-order valence-corrected chi connectivity index (χ0v) is 18.4. The van der Waals surface area contributed by atoms with Gasteiger partial charge in [0, 0.05) is 38.8 Å². The predicted octanol–water partition coefficient (Wildman–Crippen LogP) is 1.79. The van der Waals surface area contributed by atoms with Crippen LogP contribution in [0.25, 0.3) is 0 Å². The van der Waals surface area contributed by atoms with Crippen LogP contribution in [0.2, 0.25) is 0 Å². The summed E-state index contributed by atoms with van der Waals surface area (Å²) in [6.07, 6.45) is 3.33. The second kappa shape index (κ2) is 8.55. The molecular formula is C23H34N4O3. The molecule has 2 saturated heterocycles. The summed E-state index contributed by atoms with van der Waals surface area (Å²) < 4.78 is 5.54. The monoisotopic (exact) mass is 414 g/mol. The Morgan fingerprint density at radius 2 is 1.87 bits per heavy atom. The number of hydrogen-bond donors (Lipinski definition) is 1. The van der Waals surface area contributed by atoms with Crippen molar-refractivity contribution in [2.75, 3.05) is 51.3 Å². The maximum absolute atomic E-state index is 12.8. The minimum absolute atomic E-state index is 0.0352. The van der Waals surface area contributed by atoms with E-state index < -0.39 is 5.54 Å². The number of anilines is 1. The number of carbonyl (C=O) groups excluding carboxylic acids is 2. The van der Waals surface area contributed by atoms with Gasteiger partial charge in [0.15, 0.2) is 0 Å². The molecule has 0 bridgehead atoms. The van der Waals surface area contributed by atoms with Gasteiger partial charge in [0.25, 0.3) is 0 Å². The fourth-order valence-corrected chi connectivity index (χ4v) is 4.61. The van der Waals surface area contributed by atoms with Crippen molar-refractivity contribution in [1.82, 2.24) is 15.1 Å². The van der Waals surface area contributed by atoms with E-state index >= 15 is 0 Å². The Bertz CT molecular complexity index is 802. The van der Waals surface area contributed by atoms with Crippen molar-refractivity contribution >= 4 is 17.5 Å². The standard InChI is InChI=1S/C23H34N4O3/c1-17-5-8-20(30-3)19(15-17)26-13-11-25(12-14-26)9-4-10-27-21(28)16-23(2,22(27)29)24-18-6-7-18/h5,8,15,18,24H,4,6-7,9-14,16H2,1-3H3. The van der Waals surface area contributed by atoms with Gasteiger partial charge in [-0.1, -0.05) is 6.07 Å². The van der Waals surface area contributed by atoms with Crippen LogP contribution in [0.5, 0.6) is 5.75 Å². The van der Waals surface area contributed by atoms with E-state index in [1.807, 2.05) is 13.0 Å². The van der Waals surface area contributed by atoms with Crippen LogP contribution in [0.4, 0.5) is 5.69 Å². The highest BCUT2D eigenvalue weighted by Crippen LogP contribution is 2.31. The Kier molecular flexibility index (Phi) is 6.02. The first-order chi connectivity index (χ1) is 14.4. The molecule has 4 rings (SSSR count). The number of aryl methyl sites for hydroxylation is 1. The van der Waals surface area contributed by atoms with Gasteiger partial charge in [-0.2, -0.15) is 0 Å². The summed E-state index contributed by atoms with van der Waals surface area (Å²) in [6, 6.07) is 6.71. The van der Waals surface area contributed by atoms with E-state index in [9.17, 15) is 9.59 Å². The molecule has 0 radical (unpaired) electrons. The van der Waals surface area contributed by atoms with Gasteiger partial charge in [0.1, 0.15) is 11.3 Å². The molecule has 0 aromatic heterocycles. The van der Waals surface area contributed by atoms with E-state index in [1.165, 1.54) is 10.5 Å². The van der Waals surface area contributed by atoms with Gasteiger partial charge in [-0.05, 0) is 57.4 Å². The fourth-order valence-electron chi connectivity index (χ4n) is 4.61. The molecule has 2 amide bonds. The first-order valence-electron chi connectivity index (χ1n) is 11.1. The Balaban J connectivity index is 1.24. The molecule has 1 saturated carbocycles. The number of amides is 2. The molecule has 7 nitrogen and oxygen atoms in total. The first-order valence-corrected chi connectivity index (χ1v) is 11.1. The quantitative estimate of drug-likeness (QED) is 0.655. The van der Waals surface area contributed by atoms with Crippen molar-refractivity contribution in [3.63, 3.8) is 0 Å². The summed E-state index contributed by atoms with van der Waals surface area (Å²) in [5.74, 6) is 0.839. The number of hydrogen-bond acceptors (Lipinski definition) is 6. The summed E-state index contributed by atoms with van der Waals surface area (Å²) in [7, 11) is 1.72. The number of nitrogens with zero attached hydrogens (tertiary/aromatic N) is 3. The average Bonchev–Trinajstić information content (AvgIpc) is 3.51. The summed E-state index contributed by atoms with van der Waals surface area (Å²) in [5.41, 5.74) is 1.70. The second-order valence-electron chi connectivity index (χ2n) is 9.14. The van der Waals surface area contributed by atoms with Gasteiger partial charge in [-0.3, -0.25) is 19.4 Å². The SMILES string of the molecule is COc1ccc(C)cc1N1CCN(CCCN2C(=O)CC(C)(NC3CC3)C2=O)CC1. The summed E-state index contributed by atoms with van der Waals surface area (Å²) >= 11 is 0. The predicted molar refractivity (Wildman–Crippen MR) is 117 cm³/mol. The van der Waals surface area contributed by atoms with Gasteiger partial charge >= 0.3 is 0 Å². The molecule has 7 heteroatoms. The highest BCUT2D eigenvalue weighted by atomic mass is 16.5. The Morgan fingerprint density at radius 1 is 1.13 bits per heavy atom. The minimum Gasteiger partial charge on any atom is -0.495 e. The van der Waals surface area contributed by atoms with Crippen molar-refractivity contribution in [2.45, 2.75) is 51.1 Å². The molecule has 1 unspecified atom stereocenters. The molecule has 164 valence electrons. The molecule has 1 aliphatic carbocycles. The van der Waals surface area contributed by atoms with Crippen molar-refractivity contribution in [2.24, 2.45) is 0 Å². The molecule has 2 aliphatic heterocycles. The highest BCUT2D eigenvalue weighted by Gasteiger charge is 2.49. The van der Waals surface area contributed by atoms with E-state index in [4.69, 9.17) is 4.74 Å². The van der Waals surface area contributed by atoms with E-state index in [2.05, 4.69) is 34.2 Å². The number of ether oxygens (including phenoxy) is 1. The Labute approximate surface area is 179 Å². The lowest BCUT2D eigenvalue weighted by molar-refractivity contribution is -0.140. The zero-order chi connectivity index (χ0) is 21.3. The van der Waals surface area contributed by atoms with Crippen LogP contribution in [0.15, 0.2) is 18.2 Å². The van der Waals surface area contributed by atoms with Crippen LogP contribution in [0, 0.1) is 6.92 Å². The maximum atomic E-state index is 12.8. The van der Waals surface area contributed by atoms with Gasteiger partial charge in [-0.15, -0.1) is 0 Å². The lowest BCUT2D eigenvalue weighted by Crippen LogP contribution is -2.50. The third-order valence-corrected chi connectivity index (χ3v) is 6.53. The molecule has 30 heavy (non-hydrogen) atoms. The highest BCUT2D eigenvalue weighted by molar-refractivity contribution is 6.08. The van der Waals surface area contributed by atoms with Crippen molar-refractivity contribution in [3.8, 4) is 5.75 Å². The van der Waals surface area contributed by atoms with Crippen LogP contribution in [0.3, 0.4) is 0 Å². The average molecular weight is 415 g/mol. The molecule has 1 aromatic rings. The number of piperazine rings is 1. The topological polar surface area (TPSA) is 65.1 Å². The molecular weight excluding hydrogens is 380 g/mol. The summed E-state index contributed by atoms with van der Waals surface area (Å²) in [6.45, 7) is 9.25. The lowest BCUT2D eigenvalue weighted by atomic mass is 10.0. The van der Waals surface area contributed by atoms with Crippen LogP contribution in [-0.4, -0.2) is 79.6 Å². The molecule has 3 fully saturated rings. The lowest BCUT2D eigenvalue weighted by Gasteiger charge is -2.37. The molecule has 2 heterocycles. The van der Waals surface area contributed by atoms with E-state index in [-0.39, 0.29) is 11.8 Å². The number of likely N-dealkylation sites (tertiary alicyclic amines) is 1. The second-order valence-corrected chi connectivity index (χ2v) is 9.14. The van der Waals surface area contributed by atoms with Crippen molar-refractivity contribution in [3.05, 3.63) is 23.8 Å². The number of nitrogens with one attached hydrogen (secondary N) is 1. The molecule has 1 aromatic carbocycles. The summed E-state index contributed by atoms with van der Waals surface area (Å²) in [5, 5.41) is 3.37. The largest absolute Gasteiger partial charge is 0.495 e. The summed E-state index contributed by atoms with van der Waals surface area (Å²) in [4.78, 5) is 31.5. The van der Waals surface area contributed by atoms with Gasteiger partial charge in [-0.25, -0.2) is 0 Å². The first kappa shape index (κ1) is 21.1. The number of imide groups is 1. The smallest absolute Gasteiger partial charge is 0.249 e. The molecule has 1 atom stereocenters. The number of rotatable bonds is 8. The van der Waals surface area contributed by atoms with Gasteiger partial charge in [0.05, 0.1) is 19.2 Å². The molecule has 1 N–H and O–H groups in total. The van der Waals surface area contributed by atoms with Crippen molar-refractivity contribution in [1.29, 1.82) is 0 Å². The van der Waals surface area contributed by atoms with Crippen LogP contribution in [-0.2, 0) is 9.59 Å². The van der Waals surface area contributed by atoms with Crippen LogP contribution in [0.1, 0.15) is 38.2 Å². The fraction of sp³-hybridized carbons (Fsp3) is 0.652. The number of methoxy groups -OCH3 is 1. The number of benzene rings is 1. The third-order valence-electron chi connectivity index (χ3n) is 6.53. The molecule has 0 spiro atoms. The normalized spacial score (nSPS) is 25.3. The third kappa shape index (κ3) is 4.47. The Morgan fingerprint density at radius 3 is 2.53 bits per heavy atom. The van der Waals surface area contributed by atoms with Crippen molar-refractivity contribution < 1.29 is 14.3 Å². The maximum Gasteiger partial charge on any atom is 0.249 e. The van der Waals surface area contributed by atoms with Crippen LogP contribution >= 0.6 is 0 Å². The Hall–Kier alpha value is -2.12. The number of carbonyl (C=O) groups is 2. The zero-order valence-electron chi connectivity index (χ0n) is 18.4. The van der Waals surface area contributed by atoms with Gasteiger partial charge in [0.2, 0.25) is 11.8 Å².